The summed E-state index contributed by atoms with van der Waals surface area (Å²) in [7, 11) is 0. The molecule has 0 saturated carbocycles. The van der Waals surface area contributed by atoms with E-state index in [4.69, 9.17) is 0 Å². The number of hydrogen-bond acceptors (Lipinski definition) is 2. The molecule has 0 fully saturated rings. The summed E-state index contributed by atoms with van der Waals surface area (Å²) in [6.45, 7) is 0.351. The van der Waals surface area contributed by atoms with Gasteiger partial charge in [0, 0.05) is 18.7 Å². The Hall–Kier alpha value is -1.01. The first-order valence-electron chi connectivity index (χ1n) is 4.67. The highest BCUT2D eigenvalue weighted by Gasteiger charge is 2.09. The molecule has 1 aromatic heterocycles. The van der Waals surface area contributed by atoms with E-state index >= 15 is 0 Å². The van der Waals surface area contributed by atoms with E-state index in [2.05, 4.69) is 21.2 Å². The van der Waals surface area contributed by atoms with E-state index in [1.165, 1.54) is 11.3 Å². The van der Waals surface area contributed by atoms with Gasteiger partial charge in [0.2, 0.25) is 0 Å². The molecule has 1 nitrogen and oxygen atoms in total. The summed E-state index contributed by atoms with van der Waals surface area (Å²) < 4.78 is 39.8. The Morgan fingerprint density at radius 3 is 2.41 bits per heavy atom. The summed E-state index contributed by atoms with van der Waals surface area (Å²) in [4.78, 5) is 0. The Morgan fingerprint density at radius 2 is 1.76 bits per heavy atom. The quantitative estimate of drug-likeness (QED) is 0.818. The van der Waals surface area contributed by atoms with Gasteiger partial charge in [0.25, 0.3) is 0 Å². The topological polar surface area (TPSA) is 12.0 Å². The molecule has 6 heteroatoms. The normalized spacial score (nSPS) is 10.6. The number of benzene rings is 1. The summed E-state index contributed by atoms with van der Waals surface area (Å²) in [6.07, 6.45) is 0. The van der Waals surface area contributed by atoms with Crippen molar-refractivity contribution in [3.05, 3.63) is 50.4 Å². The third-order valence-electron chi connectivity index (χ3n) is 2.11. The first-order chi connectivity index (χ1) is 8.06. The Labute approximate surface area is 108 Å². The molecule has 0 unspecified atom stereocenters. The van der Waals surface area contributed by atoms with Crippen LogP contribution in [0.1, 0.15) is 5.56 Å². The van der Waals surface area contributed by atoms with Crippen molar-refractivity contribution in [3.63, 3.8) is 0 Å². The number of halogens is 4. The Bertz CT molecular complexity index is 542. The summed E-state index contributed by atoms with van der Waals surface area (Å²) >= 11 is 4.80. The second kappa shape index (κ2) is 5.10. The molecular weight excluding hydrogens is 315 g/mol. The molecule has 0 bridgehead atoms. The van der Waals surface area contributed by atoms with Crippen LogP contribution in [-0.2, 0) is 6.54 Å². The molecular formula is C11H7BrF3NS. The molecule has 1 heterocycles. The zero-order valence-electron chi connectivity index (χ0n) is 8.44. The number of anilines is 1. The highest BCUT2D eigenvalue weighted by atomic mass is 79.9. The van der Waals surface area contributed by atoms with Crippen LogP contribution in [-0.4, -0.2) is 0 Å². The molecule has 1 aromatic carbocycles. The predicted molar refractivity (Wildman–Crippen MR) is 65.7 cm³/mol. The lowest BCUT2D eigenvalue weighted by molar-refractivity contribution is 0.496. The zero-order chi connectivity index (χ0) is 12.4. The Kier molecular flexibility index (Phi) is 3.73. The number of thiophene rings is 1. The second-order valence-corrected chi connectivity index (χ2v) is 5.65. The van der Waals surface area contributed by atoms with Crippen LogP contribution in [0.3, 0.4) is 0 Å². The lowest BCUT2D eigenvalue weighted by Gasteiger charge is -2.06. The van der Waals surface area contributed by atoms with Gasteiger partial charge < -0.3 is 5.32 Å². The highest BCUT2D eigenvalue weighted by molar-refractivity contribution is 9.11. The maximum absolute atomic E-state index is 13.3. The molecule has 17 heavy (non-hydrogen) atoms. The third-order valence-corrected chi connectivity index (χ3v) is 3.67. The van der Waals surface area contributed by atoms with Crippen LogP contribution in [0.15, 0.2) is 27.4 Å². The highest BCUT2D eigenvalue weighted by Crippen LogP contribution is 2.23. The van der Waals surface area contributed by atoms with Gasteiger partial charge in [-0.3, -0.25) is 0 Å². The van der Waals surface area contributed by atoms with Gasteiger partial charge in [-0.1, -0.05) is 0 Å². The van der Waals surface area contributed by atoms with Crippen LogP contribution < -0.4 is 5.32 Å². The van der Waals surface area contributed by atoms with Gasteiger partial charge in [0.1, 0.15) is 5.82 Å². The van der Waals surface area contributed by atoms with Crippen LogP contribution in [0, 0.1) is 17.5 Å². The van der Waals surface area contributed by atoms with Crippen molar-refractivity contribution in [1.29, 1.82) is 0 Å². The van der Waals surface area contributed by atoms with E-state index in [1.807, 2.05) is 11.4 Å². The predicted octanol–water partition coefficient (Wildman–Crippen LogP) is 4.54. The van der Waals surface area contributed by atoms with Crippen molar-refractivity contribution in [1.82, 2.24) is 0 Å². The summed E-state index contributed by atoms with van der Waals surface area (Å²) in [5, 5.41) is 4.60. The summed E-state index contributed by atoms with van der Waals surface area (Å²) in [5.41, 5.74) is 0.886. The van der Waals surface area contributed by atoms with Crippen molar-refractivity contribution >= 4 is 33.0 Å². The van der Waals surface area contributed by atoms with E-state index in [9.17, 15) is 13.2 Å². The van der Waals surface area contributed by atoms with E-state index in [0.717, 1.165) is 15.4 Å². The third kappa shape index (κ3) is 3.01. The standard InChI is InChI=1S/C11H7BrF3NS/c12-11-1-6(5-17-11)4-16-10-3-8(14)7(13)2-9(10)15/h1-3,5,16H,4H2. The monoisotopic (exact) mass is 321 g/mol. The zero-order valence-corrected chi connectivity index (χ0v) is 10.8. The van der Waals surface area contributed by atoms with Crippen LogP contribution in [0.2, 0.25) is 0 Å². The minimum Gasteiger partial charge on any atom is -0.378 e. The molecule has 2 rings (SSSR count). The first-order valence-corrected chi connectivity index (χ1v) is 6.35. The number of nitrogens with one attached hydrogen (secondary N) is 1. The summed E-state index contributed by atoms with van der Waals surface area (Å²) in [5.74, 6) is -3.06. The van der Waals surface area contributed by atoms with Crippen LogP contribution >= 0.6 is 27.3 Å². The fourth-order valence-corrected chi connectivity index (χ4v) is 2.50. The summed E-state index contributed by atoms with van der Waals surface area (Å²) in [6, 6.07) is 3.21. The first kappa shape index (κ1) is 12.4. The van der Waals surface area contributed by atoms with Crippen LogP contribution in [0.5, 0.6) is 0 Å². The molecule has 90 valence electrons. The van der Waals surface area contributed by atoms with Crippen molar-refractivity contribution in [2.75, 3.05) is 5.32 Å². The van der Waals surface area contributed by atoms with Gasteiger partial charge in [0.05, 0.1) is 9.47 Å². The molecule has 0 saturated heterocycles. The smallest absolute Gasteiger partial charge is 0.161 e. The van der Waals surface area contributed by atoms with E-state index < -0.39 is 17.5 Å². The van der Waals surface area contributed by atoms with Gasteiger partial charge in [0.15, 0.2) is 11.6 Å². The number of hydrogen-bond donors (Lipinski definition) is 1. The largest absolute Gasteiger partial charge is 0.378 e. The average Bonchev–Trinajstić information content (AvgIpc) is 2.68. The maximum atomic E-state index is 13.3. The van der Waals surface area contributed by atoms with Crippen LogP contribution in [0.4, 0.5) is 18.9 Å². The Balaban J connectivity index is 2.11. The molecule has 1 N–H and O–H groups in total. The minimum atomic E-state index is -1.19. The van der Waals surface area contributed by atoms with E-state index in [1.54, 1.807) is 0 Å². The molecule has 0 spiro atoms. The average molecular weight is 322 g/mol. The van der Waals surface area contributed by atoms with Gasteiger partial charge in [-0.2, -0.15) is 0 Å². The minimum absolute atomic E-state index is 0.0498. The fraction of sp³-hybridized carbons (Fsp3) is 0.0909. The van der Waals surface area contributed by atoms with Crippen LogP contribution in [0.25, 0.3) is 0 Å². The van der Waals surface area contributed by atoms with Crippen molar-refractivity contribution in [2.24, 2.45) is 0 Å². The second-order valence-electron chi connectivity index (χ2n) is 3.36. The number of rotatable bonds is 3. The molecule has 0 aliphatic carbocycles. The lowest BCUT2D eigenvalue weighted by atomic mass is 10.2. The maximum Gasteiger partial charge on any atom is 0.161 e. The molecule has 0 radical (unpaired) electrons. The van der Waals surface area contributed by atoms with Gasteiger partial charge >= 0.3 is 0 Å². The van der Waals surface area contributed by atoms with Crippen molar-refractivity contribution in [3.8, 4) is 0 Å². The molecule has 2 aromatic rings. The molecule has 0 atom stereocenters. The molecule has 0 aliphatic heterocycles. The van der Waals surface area contributed by atoms with Crippen molar-refractivity contribution < 1.29 is 13.2 Å². The fourth-order valence-electron chi connectivity index (χ4n) is 1.29. The van der Waals surface area contributed by atoms with E-state index in [0.29, 0.717) is 12.6 Å². The SMILES string of the molecule is Fc1cc(F)c(NCc2csc(Br)c2)cc1F. The molecule has 0 aliphatic rings. The van der Waals surface area contributed by atoms with Crippen molar-refractivity contribution in [2.45, 2.75) is 6.54 Å². The lowest BCUT2D eigenvalue weighted by Crippen LogP contribution is -2.02. The van der Waals surface area contributed by atoms with Gasteiger partial charge in [-0.05, 0) is 32.9 Å². The molecule has 0 amide bonds. The van der Waals surface area contributed by atoms with E-state index in [-0.39, 0.29) is 5.69 Å². The Morgan fingerprint density at radius 1 is 1.06 bits per heavy atom. The van der Waals surface area contributed by atoms with Gasteiger partial charge in [-0.25, -0.2) is 13.2 Å². The van der Waals surface area contributed by atoms with Gasteiger partial charge in [-0.15, -0.1) is 11.3 Å².